The van der Waals surface area contributed by atoms with E-state index < -0.39 is 0 Å². The zero-order valence-corrected chi connectivity index (χ0v) is 17.2. The molecule has 2 unspecified atom stereocenters. The van der Waals surface area contributed by atoms with E-state index >= 15 is 0 Å². The Kier molecular flexibility index (Phi) is 5.85. The first-order chi connectivity index (χ1) is 13.8. The maximum Gasteiger partial charge on any atom is 0.0372 e. The van der Waals surface area contributed by atoms with Crippen molar-refractivity contribution in [3.8, 4) is 0 Å². The fourth-order valence-electron chi connectivity index (χ4n) is 4.93. The molecule has 28 heavy (non-hydrogen) atoms. The van der Waals surface area contributed by atoms with Gasteiger partial charge >= 0.3 is 0 Å². The predicted molar refractivity (Wildman–Crippen MR) is 123 cm³/mol. The molecule has 2 fully saturated rings. The summed E-state index contributed by atoms with van der Waals surface area (Å²) < 4.78 is 0. The number of anilines is 2. The summed E-state index contributed by atoms with van der Waals surface area (Å²) in [6.45, 7) is 7.70. The summed E-state index contributed by atoms with van der Waals surface area (Å²) in [5.41, 5.74) is 5.35. The average Bonchev–Trinajstić information content (AvgIpc) is 3.39. The van der Waals surface area contributed by atoms with Crippen molar-refractivity contribution in [1.29, 1.82) is 0 Å². The summed E-state index contributed by atoms with van der Waals surface area (Å²) in [5.74, 6) is 0.753. The molecule has 0 aliphatic carbocycles. The lowest BCUT2D eigenvalue weighted by molar-refractivity contribution is 0.457. The van der Waals surface area contributed by atoms with E-state index in [0.29, 0.717) is 6.04 Å². The number of rotatable bonds is 5. The lowest BCUT2D eigenvalue weighted by Gasteiger charge is -2.31. The van der Waals surface area contributed by atoms with E-state index in [1.165, 1.54) is 61.4 Å². The van der Waals surface area contributed by atoms with Gasteiger partial charge in [0.15, 0.2) is 0 Å². The Hall–Kier alpha value is -2.48. The summed E-state index contributed by atoms with van der Waals surface area (Å²) in [4.78, 5) is 5.26. The molecule has 2 aliphatic heterocycles. The number of allylic oxidation sites excluding steroid dienone is 2. The lowest BCUT2D eigenvalue weighted by Crippen LogP contribution is -2.37. The summed E-state index contributed by atoms with van der Waals surface area (Å²) in [6.07, 6.45) is 12.5. The third-order valence-corrected chi connectivity index (χ3v) is 6.25. The van der Waals surface area contributed by atoms with Crippen molar-refractivity contribution in [2.75, 3.05) is 29.4 Å². The minimum absolute atomic E-state index is 0.677. The van der Waals surface area contributed by atoms with Crippen LogP contribution in [0.15, 0.2) is 60.7 Å². The van der Waals surface area contributed by atoms with Gasteiger partial charge in [-0.25, -0.2) is 0 Å². The van der Waals surface area contributed by atoms with Gasteiger partial charge in [0.25, 0.3) is 0 Å². The first-order valence-corrected chi connectivity index (χ1v) is 10.8. The molecule has 146 valence electrons. The zero-order chi connectivity index (χ0) is 19.3. The van der Waals surface area contributed by atoms with Gasteiger partial charge in [-0.1, -0.05) is 48.6 Å². The van der Waals surface area contributed by atoms with Gasteiger partial charge in [-0.15, -0.1) is 0 Å². The van der Waals surface area contributed by atoms with Crippen LogP contribution in [0.4, 0.5) is 11.4 Å². The number of nitrogens with zero attached hydrogens (tertiary/aromatic N) is 2. The second kappa shape index (κ2) is 8.68. The van der Waals surface area contributed by atoms with Crippen molar-refractivity contribution in [2.24, 2.45) is 5.92 Å². The maximum absolute atomic E-state index is 2.67. The predicted octanol–water partition coefficient (Wildman–Crippen LogP) is 6.25. The van der Waals surface area contributed by atoms with Gasteiger partial charge in [0.1, 0.15) is 0 Å². The molecule has 0 aromatic heterocycles. The third kappa shape index (κ3) is 4.01. The van der Waals surface area contributed by atoms with E-state index in [9.17, 15) is 0 Å². The van der Waals surface area contributed by atoms with E-state index in [-0.39, 0.29) is 0 Å². The molecule has 2 aromatic carbocycles. The summed E-state index contributed by atoms with van der Waals surface area (Å²) in [7, 11) is 0. The molecule has 0 saturated carbocycles. The highest BCUT2D eigenvalue weighted by Gasteiger charge is 2.36. The molecule has 0 N–H and O–H groups in total. The molecule has 2 aliphatic rings. The Labute approximate surface area is 170 Å². The van der Waals surface area contributed by atoms with Crippen LogP contribution >= 0.6 is 0 Å². The fourth-order valence-corrected chi connectivity index (χ4v) is 4.93. The SMILES string of the molecule is C/C=C/c1ccc(N2CCCC2C2CCN(c3cccc(/C=C/C)c3)C2)cc1. The van der Waals surface area contributed by atoms with Crippen molar-refractivity contribution >= 4 is 23.5 Å². The molecule has 0 spiro atoms. The monoisotopic (exact) mass is 372 g/mol. The highest BCUT2D eigenvalue weighted by molar-refractivity contribution is 5.59. The Bertz CT molecular complexity index is 834. The Morgan fingerprint density at radius 3 is 2.39 bits per heavy atom. The van der Waals surface area contributed by atoms with E-state index in [2.05, 4.69) is 96.5 Å². The number of hydrogen-bond acceptors (Lipinski definition) is 2. The van der Waals surface area contributed by atoms with Crippen LogP contribution < -0.4 is 9.80 Å². The van der Waals surface area contributed by atoms with Gasteiger partial charge in [0.2, 0.25) is 0 Å². The summed E-state index contributed by atoms with van der Waals surface area (Å²) >= 11 is 0. The van der Waals surface area contributed by atoms with Crippen LogP contribution in [0, 0.1) is 5.92 Å². The molecule has 0 amide bonds. The van der Waals surface area contributed by atoms with Crippen molar-refractivity contribution in [1.82, 2.24) is 0 Å². The van der Waals surface area contributed by atoms with Crippen LogP contribution in [0.25, 0.3) is 12.2 Å². The topological polar surface area (TPSA) is 6.48 Å². The van der Waals surface area contributed by atoms with E-state index in [4.69, 9.17) is 0 Å². The average molecular weight is 373 g/mol. The minimum atomic E-state index is 0.677. The van der Waals surface area contributed by atoms with E-state index in [1.54, 1.807) is 0 Å². The van der Waals surface area contributed by atoms with E-state index in [1.807, 2.05) is 0 Å². The molecule has 4 rings (SSSR count). The molecule has 2 saturated heterocycles. The molecule has 0 radical (unpaired) electrons. The highest BCUT2D eigenvalue weighted by atomic mass is 15.2. The molecule has 2 heterocycles. The smallest absolute Gasteiger partial charge is 0.0372 e. The van der Waals surface area contributed by atoms with Gasteiger partial charge in [-0.05, 0) is 74.4 Å². The summed E-state index contributed by atoms with van der Waals surface area (Å²) in [6, 6.07) is 18.8. The van der Waals surface area contributed by atoms with Crippen molar-refractivity contribution in [3.63, 3.8) is 0 Å². The number of benzene rings is 2. The Balaban J connectivity index is 1.46. The first kappa shape index (κ1) is 18.9. The van der Waals surface area contributed by atoms with Crippen LogP contribution in [-0.2, 0) is 0 Å². The van der Waals surface area contributed by atoms with Crippen molar-refractivity contribution in [2.45, 2.75) is 39.2 Å². The van der Waals surface area contributed by atoms with Crippen LogP contribution in [0.1, 0.15) is 44.2 Å². The standard InChI is InChI=1S/C26H32N2/c1-3-7-21-12-14-24(15-13-21)28-17-6-11-26(28)23-16-18-27(20-23)25-10-5-9-22(19-25)8-4-2/h3-5,7-10,12-15,19,23,26H,6,11,16-18,20H2,1-2H3/b7-3+,8-4+. The molecule has 2 heteroatoms. The second-order valence-corrected chi connectivity index (χ2v) is 8.08. The summed E-state index contributed by atoms with van der Waals surface area (Å²) in [5, 5.41) is 0. The second-order valence-electron chi connectivity index (χ2n) is 8.08. The largest absolute Gasteiger partial charge is 0.371 e. The van der Waals surface area contributed by atoms with Gasteiger partial charge < -0.3 is 9.80 Å². The molecule has 2 aromatic rings. The zero-order valence-electron chi connectivity index (χ0n) is 17.2. The van der Waals surface area contributed by atoms with Gasteiger partial charge in [0, 0.05) is 37.1 Å². The molecule has 2 atom stereocenters. The van der Waals surface area contributed by atoms with Crippen molar-refractivity contribution < 1.29 is 0 Å². The lowest BCUT2D eigenvalue weighted by atomic mass is 9.96. The van der Waals surface area contributed by atoms with E-state index in [0.717, 1.165) is 5.92 Å². The van der Waals surface area contributed by atoms with Gasteiger partial charge in [0.05, 0.1) is 0 Å². The van der Waals surface area contributed by atoms with Crippen LogP contribution in [0.5, 0.6) is 0 Å². The van der Waals surface area contributed by atoms with Gasteiger partial charge in [-0.3, -0.25) is 0 Å². The third-order valence-electron chi connectivity index (χ3n) is 6.25. The van der Waals surface area contributed by atoms with Crippen LogP contribution in [-0.4, -0.2) is 25.7 Å². The molecular formula is C26H32N2. The maximum atomic E-state index is 2.67. The Morgan fingerprint density at radius 2 is 1.61 bits per heavy atom. The molecular weight excluding hydrogens is 340 g/mol. The van der Waals surface area contributed by atoms with Crippen LogP contribution in [0.2, 0.25) is 0 Å². The molecule has 0 bridgehead atoms. The Morgan fingerprint density at radius 1 is 0.821 bits per heavy atom. The normalized spacial score (nSPS) is 22.8. The first-order valence-electron chi connectivity index (χ1n) is 10.8. The fraction of sp³-hybridized carbons (Fsp3) is 0.385. The quantitative estimate of drug-likeness (QED) is 0.612. The van der Waals surface area contributed by atoms with Gasteiger partial charge in [-0.2, -0.15) is 0 Å². The number of hydrogen-bond donors (Lipinski definition) is 0. The van der Waals surface area contributed by atoms with Crippen molar-refractivity contribution in [3.05, 3.63) is 71.8 Å². The van der Waals surface area contributed by atoms with Crippen LogP contribution in [0.3, 0.4) is 0 Å². The minimum Gasteiger partial charge on any atom is -0.371 e. The highest BCUT2D eigenvalue weighted by Crippen LogP contribution is 2.35. The molecule has 2 nitrogen and oxygen atoms in total.